The Morgan fingerprint density at radius 3 is 2.30 bits per heavy atom. The summed E-state index contributed by atoms with van der Waals surface area (Å²) in [5, 5.41) is 10.2. The number of ketones is 1. The predicted molar refractivity (Wildman–Crippen MR) is 75.8 cm³/mol. The lowest BCUT2D eigenvalue weighted by atomic mass is 9.98. The molecule has 20 heavy (non-hydrogen) atoms. The van der Waals surface area contributed by atoms with Crippen molar-refractivity contribution in [3.05, 3.63) is 53.1 Å². The summed E-state index contributed by atoms with van der Waals surface area (Å²) in [7, 11) is 2.89. The second-order valence-corrected chi connectivity index (χ2v) is 4.34. The highest BCUT2D eigenvalue weighted by Crippen LogP contribution is 2.39. The SMILES string of the molecule is COc1ccc(C(=O)c2ccccc2C)c(O)c1OC. The average Bonchev–Trinajstić information content (AvgIpc) is 2.46. The van der Waals surface area contributed by atoms with Crippen LogP contribution in [0.4, 0.5) is 0 Å². The number of hydrogen-bond acceptors (Lipinski definition) is 4. The maximum atomic E-state index is 12.5. The molecule has 0 atom stereocenters. The molecule has 104 valence electrons. The second kappa shape index (κ2) is 5.65. The van der Waals surface area contributed by atoms with E-state index in [1.165, 1.54) is 20.3 Å². The summed E-state index contributed by atoms with van der Waals surface area (Å²) in [4.78, 5) is 12.5. The second-order valence-electron chi connectivity index (χ2n) is 4.34. The summed E-state index contributed by atoms with van der Waals surface area (Å²) in [5.41, 5.74) is 1.60. The monoisotopic (exact) mass is 272 g/mol. The number of ether oxygens (including phenoxy) is 2. The van der Waals surface area contributed by atoms with Crippen LogP contribution in [0.1, 0.15) is 21.5 Å². The van der Waals surface area contributed by atoms with E-state index in [1.54, 1.807) is 18.2 Å². The summed E-state index contributed by atoms with van der Waals surface area (Å²) in [6.45, 7) is 1.85. The molecule has 0 aliphatic rings. The molecule has 0 bridgehead atoms. The van der Waals surface area contributed by atoms with Crippen molar-refractivity contribution < 1.29 is 19.4 Å². The van der Waals surface area contributed by atoms with Crippen LogP contribution in [0, 0.1) is 6.92 Å². The van der Waals surface area contributed by atoms with Crippen molar-refractivity contribution in [1.29, 1.82) is 0 Å². The third kappa shape index (κ3) is 2.32. The summed E-state index contributed by atoms with van der Waals surface area (Å²) < 4.78 is 10.2. The topological polar surface area (TPSA) is 55.8 Å². The van der Waals surface area contributed by atoms with Gasteiger partial charge in [0, 0.05) is 5.56 Å². The molecule has 0 aromatic heterocycles. The molecule has 4 heteroatoms. The zero-order valence-corrected chi connectivity index (χ0v) is 11.6. The van der Waals surface area contributed by atoms with Crippen molar-refractivity contribution in [1.82, 2.24) is 0 Å². The average molecular weight is 272 g/mol. The largest absolute Gasteiger partial charge is 0.504 e. The first-order chi connectivity index (χ1) is 9.60. The molecular weight excluding hydrogens is 256 g/mol. The first kappa shape index (κ1) is 13.9. The number of carbonyl (C=O) groups is 1. The normalized spacial score (nSPS) is 10.2. The molecule has 0 aliphatic heterocycles. The van der Waals surface area contributed by atoms with E-state index in [0.717, 1.165) is 5.56 Å². The van der Waals surface area contributed by atoms with E-state index in [0.29, 0.717) is 11.3 Å². The van der Waals surface area contributed by atoms with Crippen LogP contribution in [-0.2, 0) is 0 Å². The fourth-order valence-corrected chi connectivity index (χ4v) is 2.07. The van der Waals surface area contributed by atoms with Crippen LogP contribution in [0.15, 0.2) is 36.4 Å². The molecule has 0 radical (unpaired) electrons. The molecule has 0 unspecified atom stereocenters. The van der Waals surface area contributed by atoms with Crippen LogP contribution in [0.2, 0.25) is 0 Å². The predicted octanol–water partition coefficient (Wildman–Crippen LogP) is 2.95. The third-order valence-electron chi connectivity index (χ3n) is 3.15. The van der Waals surface area contributed by atoms with E-state index in [4.69, 9.17) is 9.47 Å². The molecule has 2 aromatic rings. The van der Waals surface area contributed by atoms with Gasteiger partial charge in [-0.3, -0.25) is 4.79 Å². The number of benzene rings is 2. The Balaban J connectivity index is 2.54. The molecule has 1 N–H and O–H groups in total. The number of hydrogen-bond donors (Lipinski definition) is 1. The summed E-state index contributed by atoms with van der Waals surface area (Å²) in [6, 6.07) is 10.4. The van der Waals surface area contributed by atoms with E-state index in [9.17, 15) is 9.90 Å². The standard InChI is InChI=1S/C16H16O4/c1-10-6-4-5-7-11(10)14(17)12-8-9-13(19-2)16(20-3)15(12)18/h4-9,18H,1-3H3. The Morgan fingerprint density at radius 2 is 1.70 bits per heavy atom. The van der Waals surface area contributed by atoms with Crippen LogP contribution in [0.25, 0.3) is 0 Å². The molecule has 0 saturated carbocycles. The van der Waals surface area contributed by atoms with Gasteiger partial charge in [0.2, 0.25) is 5.75 Å². The fraction of sp³-hybridized carbons (Fsp3) is 0.188. The van der Waals surface area contributed by atoms with Crippen molar-refractivity contribution in [3.8, 4) is 17.2 Å². The van der Waals surface area contributed by atoms with Crippen molar-refractivity contribution in [3.63, 3.8) is 0 Å². The quantitative estimate of drug-likeness (QED) is 0.869. The van der Waals surface area contributed by atoms with Gasteiger partial charge in [-0.2, -0.15) is 0 Å². The van der Waals surface area contributed by atoms with Crippen LogP contribution in [-0.4, -0.2) is 25.1 Å². The van der Waals surface area contributed by atoms with E-state index in [2.05, 4.69) is 0 Å². The highest BCUT2D eigenvalue weighted by molar-refractivity contribution is 6.12. The van der Waals surface area contributed by atoms with Gasteiger partial charge in [0.15, 0.2) is 17.3 Å². The number of phenolic OH excluding ortho intramolecular Hbond substituents is 1. The maximum Gasteiger partial charge on any atom is 0.203 e. The van der Waals surface area contributed by atoms with E-state index in [1.807, 2.05) is 19.1 Å². The number of methoxy groups -OCH3 is 2. The lowest BCUT2D eigenvalue weighted by Crippen LogP contribution is -2.05. The molecular formula is C16H16O4. The van der Waals surface area contributed by atoms with Gasteiger partial charge < -0.3 is 14.6 Å². The van der Waals surface area contributed by atoms with Gasteiger partial charge >= 0.3 is 0 Å². The van der Waals surface area contributed by atoms with Crippen molar-refractivity contribution in [2.75, 3.05) is 14.2 Å². The molecule has 0 heterocycles. The smallest absolute Gasteiger partial charge is 0.203 e. The Kier molecular flexibility index (Phi) is 3.94. The number of rotatable bonds is 4. The summed E-state index contributed by atoms with van der Waals surface area (Å²) in [6.07, 6.45) is 0. The van der Waals surface area contributed by atoms with Gasteiger partial charge in [-0.1, -0.05) is 24.3 Å². The lowest BCUT2D eigenvalue weighted by molar-refractivity contribution is 0.103. The van der Waals surface area contributed by atoms with Gasteiger partial charge in [-0.25, -0.2) is 0 Å². The highest BCUT2D eigenvalue weighted by Gasteiger charge is 2.20. The van der Waals surface area contributed by atoms with Gasteiger partial charge in [-0.15, -0.1) is 0 Å². The number of phenols is 1. The van der Waals surface area contributed by atoms with Crippen LogP contribution < -0.4 is 9.47 Å². The highest BCUT2D eigenvalue weighted by atomic mass is 16.5. The zero-order chi connectivity index (χ0) is 14.7. The molecule has 4 nitrogen and oxygen atoms in total. The molecule has 0 spiro atoms. The molecule has 2 aromatic carbocycles. The van der Waals surface area contributed by atoms with Gasteiger partial charge in [0.1, 0.15) is 0 Å². The molecule has 0 amide bonds. The van der Waals surface area contributed by atoms with Gasteiger partial charge in [-0.05, 0) is 24.6 Å². The lowest BCUT2D eigenvalue weighted by Gasteiger charge is -2.12. The Bertz CT molecular complexity index is 647. The van der Waals surface area contributed by atoms with Crippen LogP contribution in [0.5, 0.6) is 17.2 Å². The van der Waals surface area contributed by atoms with Gasteiger partial charge in [0.25, 0.3) is 0 Å². The maximum absolute atomic E-state index is 12.5. The summed E-state index contributed by atoms with van der Waals surface area (Å²) in [5.74, 6) is 0.0833. The molecule has 2 rings (SSSR count). The van der Waals surface area contributed by atoms with Crippen LogP contribution >= 0.6 is 0 Å². The first-order valence-electron chi connectivity index (χ1n) is 6.14. The van der Waals surface area contributed by atoms with E-state index in [-0.39, 0.29) is 22.8 Å². The number of aryl methyl sites for hydroxylation is 1. The van der Waals surface area contributed by atoms with E-state index >= 15 is 0 Å². The Morgan fingerprint density at radius 1 is 1.00 bits per heavy atom. The van der Waals surface area contributed by atoms with Crippen molar-refractivity contribution in [2.45, 2.75) is 6.92 Å². The Hall–Kier alpha value is -2.49. The molecule has 0 saturated heterocycles. The van der Waals surface area contributed by atoms with Gasteiger partial charge in [0.05, 0.1) is 19.8 Å². The zero-order valence-electron chi connectivity index (χ0n) is 11.6. The minimum absolute atomic E-state index is 0.159. The molecule has 0 aliphatic carbocycles. The minimum atomic E-state index is -0.249. The van der Waals surface area contributed by atoms with E-state index < -0.39 is 0 Å². The molecule has 0 fully saturated rings. The minimum Gasteiger partial charge on any atom is -0.504 e. The number of carbonyl (C=O) groups excluding carboxylic acids is 1. The van der Waals surface area contributed by atoms with Crippen molar-refractivity contribution in [2.24, 2.45) is 0 Å². The third-order valence-corrected chi connectivity index (χ3v) is 3.15. The summed E-state index contributed by atoms with van der Waals surface area (Å²) >= 11 is 0. The Labute approximate surface area is 117 Å². The number of aromatic hydroxyl groups is 1. The van der Waals surface area contributed by atoms with Crippen molar-refractivity contribution >= 4 is 5.78 Å². The first-order valence-corrected chi connectivity index (χ1v) is 6.14. The fourth-order valence-electron chi connectivity index (χ4n) is 2.07. The van der Waals surface area contributed by atoms with Crippen LogP contribution in [0.3, 0.4) is 0 Å².